The van der Waals surface area contributed by atoms with Crippen LogP contribution in [0, 0.1) is 20.8 Å². The molecular weight excluding hydrogens is 408 g/mol. The van der Waals surface area contributed by atoms with Crippen LogP contribution in [0.4, 0.5) is 0 Å². The van der Waals surface area contributed by atoms with Gasteiger partial charge in [0.15, 0.2) is 0 Å². The first-order valence-corrected chi connectivity index (χ1v) is 10.4. The lowest BCUT2D eigenvalue weighted by molar-refractivity contribution is 0.302. The molecule has 0 fully saturated rings. The molecule has 0 unspecified atom stereocenters. The Hall–Kier alpha value is -3.88. The number of hydrogen-bond donors (Lipinski definition) is 1. The van der Waals surface area contributed by atoms with Gasteiger partial charge >= 0.3 is 5.69 Å². The third kappa shape index (κ3) is 3.89. The number of tetrazole rings is 1. The van der Waals surface area contributed by atoms with Crippen molar-refractivity contribution in [1.82, 2.24) is 30.0 Å². The molecule has 2 aromatic carbocycles. The number of H-pyrrole nitrogens is 1. The fourth-order valence-corrected chi connectivity index (χ4v) is 3.76. The monoisotopic (exact) mass is 434 g/mol. The van der Waals surface area contributed by atoms with Crippen molar-refractivity contribution >= 4 is 0 Å². The van der Waals surface area contributed by atoms with Crippen molar-refractivity contribution in [2.45, 2.75) is 34.3 Å². The van der Waals surface area contributed by atoms with Gasteiger partial charge in [-0.1, -0.05) is 12.1 Å². The number of nitrogens with one attached hydrogen (secondary N) is 1. The first-order chi connectivity index (χ1) is 15.4. The van der Waals surface area contributed by atoms with E-state index < -0.39 is 5.69 Å². The van der Waals surface area contributed by atoms with E-state index in [4.69, 9.17) is 9.47 Å². The maximum absolute atomic E-state index is 12.0. The average Bonchev–Trinajstić information content (AvgIpc) is 3.31. The van der Waals surface area contributed by atoms with Crippen molar-refractivity contribution in [3.05, 3.63) is 69.1 Å². The lowest BCUT2D eigenvalue weighted by Gasteiger charge is -2.14. The SMILES string of the molecule is CCOc1c(C)c(-c2ccc(OCc3c(C)cccc3-n3nn[nH]c3=O)c(C)c2)nn1C. The van der Waals surface area contributed by atoms with E-state index in [-0.39, 0.29) is 0 Å². The zero-order valence-electron chi connectivity index (χ0n) is 18.8. The highest BCUT2D eigenvalue weighted by Crippen LogP contribution is 2.32. The molecule has 0 saturated heterocycles. The number of aromatic amines is 1. The summed E-state index contributed by atoms with van der Waals surface area (Å²) in [5.74, 6) is 1.53. The molecule has 0 atom stereocenters. The third-order valence-electron chi connectivity index (χ3n) is 5.41. The molecule has 0 aliphatic carbocycles. The number of benzene rings is 2. The predicted octanol–water partition coefficient (Wildman–Crippen LogP) is 3.26. The van der Waals surface area contributed by atoms with Gasteiger partial charge in [-0.05, 0) is 73.5 Å². The first-order valence-electron chi connectivity index (χ1n) is 10.4. The summed E-state index contributed by atoms with van der Waals surface area (Å²) in [4.78, 5) is 12.0. The maximum atomic E-state index is 12.0. The zero-order chi connectivity index (χ0) is 22.8. The van der Waals surface area contributed by atoms with Gasteiger partial charge in [-0.15, -0.1) is 0 Å². The Balaban J connectivity index is 1.60. The van der Waals surface area contributed by atoms with E-state index in [1.807, 2.05) is 65.1 Å². The van der Waals surface area contributed by atoms with Gasteiger partial charge in [0.2, 0.25) is 5.88 Å². The lowest BCUT2D eigenvalue weighted by atomic mass is 10.0. The van der Waals surface area contributed by atoms with E-state index in [0.717, 1.165) is 45.1 Å². The number of ether oxygens (including phenoxy) is 2. The first kappa shape index (κ1) is 21.4. The summed E-state index contributed by atoms with van der Waals surface area (Å²) in [5.41, 5.74) is 5.99. The minimum absolute atomic E-state index is 0.290. The van der Waals surface area contributed by atoms with Gasteiger partial charge < -0.3 is 9.47 Å². The molecule has 1 N–H and O–H groups in total. The fourth-order valence-electron chi connectivity index (χ4n) is 3.76. The van der Waals surface area contributed by atoms with Crippen molar-refractivity contribution in [1.29, 1.82) is 0 Å². The highest BCUT2D eigenvalue weighted by Gasteiger charge is 2.17. The second kappa shape index (κ2) is 8.70. The molecule has 0 saturated carbocycles. The molecule has 0 amide bonds. The van der Waals surface area contributed by atoms with Crippen LogP contribution >= 0.6 is 0 Å². The largest absolute Gasteiger partial charge is 0.489 e. The highest BCUT2D eigenvalue weighted by atomic mass is 16.5. The van der Waals surface area contributed by atoms with Crippen molar-refractivity contribution < 1.29 is 9.47 Å². The van der Waals surface area contributed by atoms with Gasteiger partial charge in [-0.2, -0.15) is 9.78 Å². The Morgan fingerprint density at radius 2 is 1.88 bits per heavy atom. The molecular formula is C23H26N6O3. The second-order valence-electron chi connectivity index (χ2n) is 7.60. The van der Waals surface area contributed by atoms with E-state index in [0.29, 0.717) is 18.9 Å². The maximum Gasteiger partial charge on any atom is 0.365 e. The quantitative estimate of drug-likeness (QED) is 0.479. The van der Waals surface area contributed by atoms with Crippen molar-refractivity contribution in [3.8, 4) is 28.6 Å². The summed E-state index contributed by atoms with van der Waals surface area (Å²) in [6.07, 6.45) is 0. The molecule has 9 heteroatoms. The number of hydrogen-bond acceptors (Lipinski definition) is 6. The molecule has 9 nitrogen and oxygen atoms in total. The lowest BCUT2D eigenvalue weighted by Crippen LogP contribution is -2.18. The highest BCUT2D eigenvalue weighted by molar-refractivity contribution is 5.67. The molecule has 0 radical (unpaired) electrons. The molecule has 0 bridgehead atoms. The predicted molar refractivity (Wildman–Crippen MR) is 120 cm³/mol. The average molecular weight is 435 g/mol. The summed E-state index contributed by atoms with van der Waals surface area (Å²) >= 11 is 0. The van der Waals surface area contributed by atoms with Crippen LogP contribution in [0.5, 0.6) is 11.6 Å². The minimum Gasteiger partial charge on any atom is -0.489 e. The number of rotatable bonds is 7. The van der Waals surface area contributed by atoms with Gasteiger partial charge in [0, 0.05) is 23.7 Å². The van der Waals surface area contributed by atoms with Crippen LogP contribution in [0.2, 0.25) is 0 Å². The fraction of sp³-hybridized carbons (Fsp3) is 0.304. The Morgan fingerprint density at radius 1 is 1.06 bits per heavy atom. The Kier molecular flexibility index (Phi) is 5.81. The molecule has 4 aromatic rings. The van der Waals surface area contributed by atoms with Gasteiger partial charge in [-0.3, -0.25) is 0 Å². The molecule has 166 valence electrons. The van der Waals surface area contributed by atoms with Crippen LogP contribution in [-0.2, 0) is 13.7 Å². The van der Waals surface area contributed by atoms with Crippen molar-refractivity contribution in [2.75, 3.05) is 6.61 Å². The van der Waals surface area contributed by atoms with Gasteiger partial charge in [0.05, 0.1) is 18.0 Å². The number of aromatic nitrogens is 6. The van der Waals surface area contributed by atoms with Gasteiger partial charge in [0.25, 0.3) is 0 Å². The van der Waals surface area contributed by atoms with Crippen LogP contribution in [-0.4, -0.2) is 36.6 Å². The molecule has 32 heavy (non-hydrogen) atoms. The standard InChI is InChI=1S/C23H26N6O3/c1-6-31-22-16(4)21(25-28(22)5)17-10-11-20(15(3)12-17)32-13-18-14(2)8-7-9-19(18)29-23(30)24-26-27-29/h7-12H,6,13H2,1-5H3,(H,24,27,30). The topological polar surface area (TPSA) is 99.8 Å². The van der Waals surface area contributed by atoms with Gasteiger partial charge in [-0.25, -0.2) is 14.6 Å². The Morgan fingerprint density at radius 3 is 2.56 bits per heavy atom. The van der Waals surface area contributed by atoms with E-state index >= 15 is 0 Å². The van der Waals surface area contributed by atoms with E-state index in [1.54, 1.807) is 4.68 Å². The second-order valence-corrected chi connectivity index (χ2v) is 7.60. The van der Waals surface area contributed by atoms with Gasteiger partial charge in [0.1, 0.15) is 12.4 Å². The third-order valence-corrected chi connectivity index (χ3v) is 5.41. The number of nitrogens with zero attached hydrogens (tertiary/aromatic N) is 5. The molecule has 0 aliphatic rings. The summed E-state index contributed by atoms with van der Waals surface area (Å²) < 4.78 is 14.9. The summed E-state index contributed by atoms with van der Waals surface area (Å²) in [7, 11) is 1.88. The minimum atomic E-state index is -0.394. The summed E-state index contributed by atoms with van der Waals surface area (Å²) in [6.45, 7) is 8.83. The van der Waals surface area contributed by atoms with E-state index in [1.165, 1.54) is 4.68 Å². The van der Waals surface area contributed by atoms with Crippen molar-refractivity contribution in [3.63, 3.8) is 0 Å². The van der Waals surface area contributed by atoms with Crippen LogP contribution in [0.25, 0.3) is 16.9 Å². The molecule has 2 aromatic heterocycles. The van der Waals surface area contributed by atoms with Crippen LogP contribution in [0.15, 0.2) is 41.2 Å². The summed E-state index contributed by atoms with van der Waals surface area (Å²) in [6, 6.07) is 11.7. The summed E-state index contributed by atoms with van der Waals surface area (Å²) in [5, 5.41) is 14.4. The van der Waals surface area contributed by atoms with E-state index in [2.05, 4.69) is 26.7 Å². The molecule has 0 spiro atoms. The Labute approximate surface area is 185 Å². The van der Waals surface area contributed by atoms with Crippen LogP contribution in [0.1, 0.15) is 29.2 Å². The van der Waals surface area contributed by atoms with Crippen molar-refractivity contribution in [2.24, 2.45) is 7.05 Å². The normalized spacial score (nSPS) is 11.0. The molecule has 4 rings (SSSR count). The number of aryl methyl sites for hydroxylation is 3. The molecule has 2 heterocycles. The smallest absolute Gasteiger partial charge is 0.365 e. The molecule has 0 aliphatic heterocycles. The zero-order valence-corrected chi connectivity index (χ0v) is 18.8. The van der Waals surface area contributed by atoms with E-state index in [9.17, 15) is 4.79 Å². The Bertz CT molecular complexity index is 1320. The van der Waals surface area contributed by atoms with Crippen LogP contribution < -0.4 is 15.2 Å². The van der Waals surface area contributed by atoms with Crippen LogP contribution in [0.3, 0.4) is 0 Å².